The number of aryl methyl sites for hydroxylation is 1. The van der Waals surface area contributed by atoms with Gasteiger partial charge in [0.1, 0.15) is 29.4 Å². The summed E-state index contributed by atoms with van der Waals surface area (Å²) >= 11 is 0. The van der Waals surface area contributed by atoms with Crippen LogP contribution in [0.1, 0.15) is 47.8 Å². The van der Waals surface area contributed by atoms with Crippen molar-refractivity contribution in [3.05, 3.63) is 131 Å². The number of ether oxygens (including phenoxy) is 3. The molecule has 4 aromatic carbocycles. The molecule has 0 saturated heterocycles. The highest BCUT2D eigenvalue weighted by molar-refractivity contribution is 5.54. The molecule has 196 valence electrons. The molecule has 0 aliphatic carbocycles. The molecule has 0 saturated carbocycles. The normalized spacial score (nSPS) is 17.9. The first-order valence-electron chi connectivity index (χ1n) is 13.0. The van der Waals surface area contributed by atoms with Crippen molar-refractivity contribution in [1.29, 1.82) is 0 Å². The van der Waals surface area contributed by atoms with E-state index >= 15 is 0 Å². The van der Waals surface area contributed by atoms with Gasteiger partial charge in [0, 0.05) is 17.8 Å². The molecular formula is C33H34FNO3. The van der Waals surface area contributed by atoms with Gasteiger partial charge < -0.3 is 19.5 Å². The molecule has 38 heavy (non-hydrogen) atoms. The number of benzene rings is 4. The molecular weight excluding hydrogens is 477 g/mol. The largest absolute Gasteiger partial charge is 0.485 e. The molecule has 0 fully saturated rings. The number of anilines is 1. The lowest BCUT2D eigenvalue weighted by Gasteiger charge is -2.44. The Kier molecular flexibility index (Phi) is 7.77. The number of fused-ring (bicyclic) bond motifs is 1. The third-order valence-electron chi connectivity index (χ3n) is 6.88. The summed E-state index contributed by atoms with van der Waals surface area (Å²) < 4.78 is 33.0. The maximum atomic E-state index is 13.4. The van der Waals surface area contributed by atoms with E-state index in [-0.39, 0.29) is 11.9 Å². The monoisotopic (exact) mass is 511 g/mol. The van der Waals surface area contributed by atoms with Crippen LogP contribution in [-0.2, 0) is 29.2 Å². The Hall–Kier alpha value is -3.67. The molecule has 0 spiro atoms. The van der Waals surface area contributed by atoms with Gasteiger partial charge in [-0.2, -0.15) is 0 Å². The molecule has 0 amide bonds. The molecule has 0 bridgehead atoms. The minimum Gasteiger partial charge on any atom is -0.485 e. The van der Waals surface area contributed by atoms with Gasteiger partial charge in [0.05, 0.1) is 13.2 Å². The fourth-order valence-electron chi connectivity index (χ4n) is 4.75. The molecule has 5 heteroatoms. The van der Waals surface area contributed by atoms with Crippen molar-refractivity contribution in [3.63, 3.8) is 0 Å². The van der Waals surface area contributed by atoms with Crippen molar-refractivity contribution in [2.45, 2.75) is 58.3 Å². The average Bonchev–Trinajstić information content (AvgIpc) is 2.92. The molecule has 1 heterocycles. The van der Waals surface area contributed by atoms with Gasteiger partial charge in [-0.1, -0.05) is 72.3 Å². The number of hydrogen-bond donors (Lipinski definition) is 1. The minimum absolute atomic E-state index is 0.265. The van der Waals surface area contributed by atoms with E-state index in [1.165, 1.54) is 23.3 Å². The molecule has 4 nitrogen and oxygen atoms in total. The summed E-state index contributed by atoms with van der Waals surface area (Å²) in [5.41, 5.74) is 5.71. The Labute approximate surface area is 224 Å². The van der Waals surface area contributed by atoms with Crippen LogP contribution in [0.25, 0.3) is 0 Å². The molecule has 1 aliphatic heterocycles. The highest BCUT2D eigenvalue weighted by Crippen LogP contribution is 2.45. The Morgan fingerprint density at radius 2 is 1.45 bits per heavy atom. The zero-order valence-electron chi connectivity index (χ0n) is 22.1. The third-order valence-corrected chi connectivity index (χ3v) is 6.88. The average molecular weight is 512 g/mol. The van der Waals surface area contributed by atoms with Gasteiger partial charge >= 0.3 is 0 Å². The Bertz CT molecular complexity index is 1340. The number of rotatable bonds is 9. The second-order valence-electron chi connectivity index (χ2n) is 10.4. The van der Waals surface area contributed by atoms with Gasteiger partial charge in [0.15, 0.2) is 0 Å². The van der Waals surface area contributed by atoms with Gasteiger partial charge in [-0.3, -0.25) is 0 Å². The molecule has 1 aliphatic rings. The Balaban J connectivity index is 1.41. The fourth-order valence-corrected chi connectivity index (χ4v) is 4.75. The summed E-state index contributed by atoms with van der Waals surface area (Å²) in [6.45, 7) is 7.61. The molecule has 2 atom stereocenters. The third kappa shape index (κ3) is 6.24. The van der Waals surface area contributed by atoms with Crippen LogP contribution in [0.15, 0.2) is 97.1 Å². The van der Waals surface area contributed by atoms with Crippen molar-refractivity contribution in [2.24, 2.45) is 0 Å². The van der Waals surface area contributed by atoms with Crippen molar-refractivity contribution in [2.75, 3.05) is 5.32 Å². The van der Waals surface area contributed by atoms with Crippen LogP contribution in [0.4, 0.5) is 10.1 Å². The van der Waals surface area contributed by atoms with Crippen molar-refractivity contribution < 1.29 is 18.6 Å². The minimum atomic E-state index is -0.648. The van der Waals surface area contributed by atoms with Gasteiger partial charge in [0.25, 0.3) is 0 Å². The van der Waals surface area contributed by atoms with E-state index in [1.807, 2.05) is 44.2 Å². The molecule has 1 N–H and O–H groups in total. The maximum Gasteiger partial charge on any atom is 0.132 e. The van der Waals surface area contributed by atoms with E-state index in [4.69, 9.17) is 14.2 Å². The first-order chi connectivity index (χ1) is 18.4. The van der Waals surface area contributed by atoms with E-state index < -0.39 is 11.7 Å². The summed E-state index contributed by atoms with van der Waals surface area (Å²) in [6, 6.07) is 31.2. The number of hydrogen-bond acceptors (Lipinski definition) is 4. The van der Waals surface area contributed by atoms with E-state index in [0.29, 0.717) is 19.8 Å². The van der Waals surface area contributed by atoms with Gasteiger partial charge in [-0.15, -0.1) is 0 Å². The van der Waals surface area contributed by atoms with E-state index in [2.05, 4.69) is 54.7 Å². The van der Waals surface area contributed by atoms with Crippen LogP contribution in [0.3, 0.4) is 0 Å². The first-order valence-corrected chi connectivity index (χ1v) is 13.0. The second-order valence-corrected chi connectivity index (χ2v) is 10.4. The molecule has 0 radical (unpaired) electrons. The zero-order chi connectivity index (χ0) is 26.5. The van der Waals surface area contributed by atoms with Crippen LogP contribution in [0, 0.1) is 12.7 Å². The van der Waals surface area contributed by atoms with E-state index in [0.717, 1.165) is 28.1 Å². The highest BCUT2D eigenvalue weighted by atomic mass is 19.1. The van der Waals surface area contributed by atoms with Crippen LogP contribution in [0.5, 0.6) is 5.75 Å². The summed E-state index contributed by atoms with van der Waals surface area (Å²) in [5.74, 6) is 0.523. The summed E-state index contributed by atoms with van der Waals surface area (Å²) in [5, 5.41) is 3.54. The molecule has 5 rings (SSSR count). The predicted molar refractivity (Wildman–Crippen MR) is 149 cm³/mol. The lowest BCUT2D eigenvalue weighted by atomic mass is 9.87. The summed E-state index contributed by atoms with van der Waals surface area (Å²) in [4.78, 5) is 0. The fraction of sp³-hybridized carbons (Fsp3) is 0.273. The van der Waals surface area contributed by atoms with Crippen LogP contribution >= 0.6 is 0 Å². The van der Waals surface area contributed by atoms with Crippen molar-refractivity contribution in [1.82, 2.24) is 0 Å². The second kappa shape index (κ2) is 11.4. The topological polar surface area (TPSA) is 39.7 Å². The SMILES string of the molecule is Cc1ccc(CNc2ccc3c(c2)C(OCc2ccccc2)C(OCc2ccc(F)cc2)C(C)(C)O3)cc1. The zero-order valence-corrected chi connectivity index (χ0v) is 22.1. The standard InChI is InChI=1S/C33H34FNO3/c1-23-9-11-24(12-10-23)20-35-28-17-18-30-29(19-28)31(36-21-25-7-5-4-6-8-25)32(33(2,3)38-30)37-22-26-13-15-27(34)16-14-26/h4-19,31-32,35H,20-22H2,1-3H3. The maximum absolute atomic E-state index is 13.4. The molecule has 0 aromatic heterocycles. The Morgan fingerprint density at radius 1 is 0.789 bits per heavy atom. The number of nitrogens with one attached hydrogen (secondary N) is 1. The van der Waals surface area contributed by atoms with Crippen LogP contribution in [0.2, 0.25) is 0 Å². The van der Waals surface area contributed by atoms with E-state index in [9.17, 15) is 4.39 Å². The Morgan fingerprint density at radius 3 is 2.18 bits per heavy atom. The van der Waals surface area contributed by atoms with Crippen LogP contribution in [-0.4, -0.2) is 11.7 Å². The lowest BCUT2D eigenvalue weighted by Crippen LogP contribution is -2.50. The van der Waals surface area contributed by atoms with Gasteiger partial charge in [-0.25, -0.2) is 4.39 Å². The summed E-state index contributed by atoms with van der Waals surface area (Å²) in [6.07, 6.45) is -0.758. The van der Waals surface area contributed by atoms with E-state index in [1.54, 1.807) is 12.1 Å². The van der Waals surface area contributed by atoms with Crippen molar-refractivity contribution in [3.8, 4) is 5.75 Å². The van der Waals surface area contributed by atoms with Gasteiger partial charge in [-0.05, 0) is 67.8 Å². The quantitative estimate of drug-likeness (QED) is 0.249. The van der Waals surface area contributed by atoms with Crippen molar-refractivity contribution >= 4 is 5.69 Å². The highest BCUT2D eigenvalue weighted by Gasteiger charge is 2.45. The smallest absolute Gasteiger partial charge is 0.132 e. The molecule has 4 aromatic rings. The lowest BCUT2D eigenvalue weighted by molar-refractivity contribution is -0.170. The predicted octanol–water partition coefficient (Wildman–Crippen LogP) is 7.76. The first kappa shape index (κ1) is 26.0. The van der Waals surface area contributed by atoms with Crippen LogP contribution < -0.4 is 10.1 Å². The number of halogens is 1. The van der Waals surface area contributed by atoms with Gasteiger partial charge in [0.2, 0.25) is 0 Å². The summed E-state index contributed by atoms with van der Waals surface area (Å²) in [7, 11) is 0. The molecule has 2 unspecified atom stereocenters.